The minimum Gasteiger partial charge on any atom is -0.368 e. The van der Waals surface area contributed by atoms with Crippen LogP contribution in [0.5, 0.6) is 0 Å². The van der Waals surface area contributed by atoms with Gasteiger partial charge in [0.05, 0.1) is 17.1 Å². The molecule has 0 bridgehead atoms. The predicted octanol–water partition coefficient (Wildman–Crippen LogP) is 3.86. The molecule has 0 atom stereocenters. The predicted molar refractivity (Wildman–Crippen MR) is 107 cm³/mol. The minimum atomic E-state index is -5.48. The number of nitrogens with zero attached hydrogens (tertiary/aromatic N) is 4. The van der Waals surface area contributed by atoms with Gasteiger partial charge in [0, 0.05) is 17.4 Å². The maximum absolute atomic E-state index is 13.0. The van der Waals surface area contributed by atoms with Crippen LogP contribution in [0, 0.1) is 13.8 Å². The fraction of sp³-hybridized carbons (Fsp3) is 0.316. The molecule has 31 heavy (non-hydrogen) atoms. The number of rotatable bonds is 6. The Morgan fingerprint density at radius 3 is 2.45 bits per heavy atom. The Kier molecular flexibility index (Phi) is 5.94. The summed E-state index contributed by atoms with van der Waals surface area (Å²) < 4.78 is 68.0. The topological polar surface area (TPSA) is 115 Å². The van der Waals surface area contributed by atoms with E-state index in [2.05, 4.69) is 15.1 Å². The molecular weight excluding hydrogens is 435 g/mol. The van der Waals surface area contributed by atoms with Gasteiger partial charge in [-0.1, -0.05) is 12.1 Å². The van der Waals surface area contributed by atoms with Crippen molar-refractivity contribution < 1.29 is 26.1 Å². The van der Waals surface area contributed by atoms with Crippen LogP contribution in [0.3, 0.4) is 0 Å². The number of sulfone groups is 1. The Hall–Kier alpha value is -3.15. The molecule has 1 aromatic carbocycles. The highest BCUT2D eigenvalue weighted by atomic mass is 32.2. The van der Waals surface area contributed by atoms with Crippen LogP contribution in [0.1, 0.15) is 29.5 Å². The molecule has 2 N–H and O–H groups in total. The number of hydrogen-bond donors (Lipinski definition) is 1. The molecule has 0 radical (unpaired) electrons. The van der Waals surface area contributed by atoms with E-state index in [1.807, 2.05) is 0 Å². The number of halogens is 3. The molecule has 0 saturated carbocycles. The monoisotopic (exact) mass is 455 g/mol. The first-order valence-corrected chi connectivity index (χ1v) is 10.7. The highest BCUT2D eigenvalue weighted by molar-refractivity contribution is 7.92. The number of aromatic nitrogens is 3. The standard InChI is InChI=1S/C19H20F3N5O3S/c1-4-13-9-14(31(28,29)19(20,21)22)5-6-16(13)27(17-7-8-24-18(23)25-17)10-15-11(2)26-30-12(15)3/h5-9H,4,10H2,1-3H3,(H2,23,24,25). The lowest BCUT2D eigenvalue weighted by Gasteiger charge is -2.26. The van der Waals surface area contributed by atoms with Gasteiger partial charge < -0.3 is 15.2 Å². The van der Waals surface area contributed by atoms with E-state index >= 15 is 0 Å². The van der Waals surface area contributed by atoms with Gasteiger partial charge in [0.1, 0.15) is 11.6 Å². The molecule has 0 fully saturated rings. The molecule has 166 valence electrons. The lowest BCUT2D eigenvalue weighted by Crippen LogP contribution is -2.24. The SMILES string of the molecule is CCc1cc(S(=O)(=O)C(F)(F)F)ccc1N(Cc1c(C)noc1C)c1ccnc(N)n1. The first-order chi connectivity index (χ1) is 14.5. The molecule has 12 heteroatoms. The van der Waals surface area contributed by atoms with E-state index in [1.165, 1.54) is 12.3 Å². The van der Waals surface area contributed by atoms with Crippen molar-refractivity contribution in [1.29, 1.82) is 0 Å². The van der Waals surface area contributed by atoms with Crippen molar-refractivity contribution in [3.05, 3.63) is 53.0 Å². The van der Waals surface area contributed by atoms with E-state index < -0.39 is 20.2 Å². The first kappa shape index (κ1) is 22.5. The molecule has 0 amide bonds. The fourth-order valence-corrected chi connectivity index (χ4v) is 3.91. The zero-order valence-corrected chi connectivity index (χ0v) is 17.8. The van der Waals surface area contributed by atoms with E-state index in [9.17, 15) is 21.6 Å². The number of anilines is 3. The number of alkyl halides is 3. The summed E-state index contributed by atoms with van der Waals surface area (Å²) in [7, 11) is -5.48. The van der Waals surface area contributed by atoms with Gasteiger partial charge in [-0.25, -0.2) is 13.4 Å². The normalized spacial score (nSPS) is 12.2. The molecule has 3 aromatic rings. The second kappa shape index (κ2) is 8.17. The zero-order valence-electron chi connectivity index (χ0n) is 16.9. The fourth-order valence-electron chi connectivity index (χ4n) is 3.10. The van der Waals surface area contributed by atoms with Crippen LogP contribution in [0.15, 0.2) is 39.9 Å². The van der Waals surface area contributed by atoms with Crippen LogP contribution in [0.2, 0.25) is 0 Å². The highest BCUT2D eigenvalue weighted by Crippen LogP contribution is 2.36. The lowest BCUT2D eigenvalue weighted by atomic mass is 10.1. The summed E-state index contributed by atoms with van der Waals surface area (Å²) in [4.78, 5) is 8.97. The summed E-state index contributed by atoms with van der Waals surface area (Å²) in [6.07, 6.45) is 1.72. The Labute approximate surface area is 176 Å². The van der Waals surface area contributed by atoms with Crippen molar-refractivity contribution in [2.75, 3.05) is 10.6 Å². The smallest absolute Gasteiger partial charge is 0.368 e. The van der Waals surface area contributed by atoms with Crippen molar-refractivity contribution in [1.82, 2.24) is 15.1 Å². The van der Waals surface area contributed by atoms with Crippen LogP contribution in [0.25, 0.3) is 0 Å². The number of nitrogens with two attached hydrogens (primary N) is 1. The molecule has 2 heterocycles. The van der Waals surface area contributed by atoms with Gasteiger partial charge in [0.2, 0.25) is 5.95 Å². The van der Waals surface area contributed by atoms with Gasteiger partial charge in [-0.2, -0.15) is 18.2 Å². The molecule has 8 nitrogen and oxygen atoms in total. The summed E-state index contributed by atoms with van der Waals surface area (Å²) in [6, 6.07) is 4.88. The number of aryl methyl sites for hydroxylation is 3. The molecule has 0 aliphatic rings. The molecule has 0 aliphatic carbocycles. The third-order valence-corrected chi connectivity index (χ3v) is 6.26. The van der Waals surface area contributed by atoms with Crippen molar-refractivity contribution >= 4 is 27.3 Å². The van der Waals surface area contributed by atoms with Crippen LogP contribution in [0.4, 0.5) is 30.6 Å². The average Bonchev–Trinajstić information content (AvgIpc) is 3.02. The zero-order chi connectivity index (χ0) is 23.0. The van der Waals surface area contributed by atoms with Crippen LogP contribution in [-0.4, -0.2) is 29.1 Å². The Morgan fingerprint density at radius 1 is 1.19 bits per heavy atom. The van der Waals surface area contributed by atoms with E-state index in [4.69, 9.17) is 10.3 Å². The second-order valence-electron chi connectivity index (χ2n) is 6.76. The van der Waals surface area contributed by atoms with Crippen molar-refractivity contribution in [3.8, 4) is 0 Å². The van der Waals surface area contributed by atoms with Gasteiger partial charge >= 0.3 is 5.51 Å². The quantitative estimate of drug-likeness (QED) is 0.596. The van der Waals surface area contributed by atoms with Gasteiger partial charge in [0.15, 0.2) is 0 Å². The van der Waals surface area contributed by atoms with Gasteiger partial charge in [0.25, 0.3) is 9.84 Å². The Bertz CT molecular complexity index is 1190. The van der Waals surface area contributed by atoms with Crippen molar-refractivity contribution in [2.45, 2.75) is 44.1 Å². The van der Waals surface area contributed by atoms with E-state index in [1.54, 1.807) is 31.7 Å². The molecular formula is C19H20F3N5O3S. The summed E-state index contributed by atoms with van der Waals surface area (Å²) in [5.74, 6) is 0.961. The summed E-state index contributed by atoms with van der Waals surface area (Å²) in [6.45, 7) is 5.43. The third-order valence-electron chi connectivity index (χ3n) is 4.77. The largest absolute Gasteiger partial charge is 0.501 e. The van der Waals surface area contributed by atoms with Crippen molar-refractivity contribution in [2.24, 2.45) is 0 Å². The number of hydrogen-bond acceptors (Lipinski definition) is 8. The third kappa shape index (κ3) is 4.33. The molecule has 0 saturated heterocycles. The van der Waals surface area contributed by atoms with Crippen molar-refractivity contribution in [3.63, 3.8) is 0 Å². The molecule has 0 unspecified atom stereocenters. The molecule has 0 aliphatic heterocycles. The maximum Gasteiger partial charge on any atom is 0.501 e. The minimum absolute atomic E-state index is 0.00980. The van der Waals surface area contributed by atoms with E-state index in [0.717, 1.165) is 17.7 Å². The van der Waals surface area contributed by atoms with Gasteiger partial charge in [-0.15, -0.1) is 0 Å². The van der Waals surface area contributed by atoms with Gasteiger partial charge in [-0.3, -0.25) is 0 Å². The lowest BCUT2D eigenvalue weighted by molar-refractivity contribution is -0.0436. The van der Waals surface area contributed by atoms with E-state index in [0.29, 0.717) is 28.5 Å². The van der Waals surface area contributed by atoms with Crippen LogP contribution >= 0.6 is 0 Å². The van der Waals surface area contributed by atoms with E-state index in [-0.39, 0.29) is 18.9 Å². The summed E-state index contributed by atoms with van der Waals surface area (Å²) in [5.41, 5.74) is 2.58. The Morgan fingerprint density at radius 2 is 1.90 bits per heavy atom. The van der Waals surface area contributed by atoms with Crippen LogP contribution < -0.4 is 10.6 Å². The summed E-state index contributed by atoms with van der Waals surface area (Å²) in [5, 5.41) is 3.93. The van der Waals surface area contributed by atoms with Crippen LogP contribution in [-0.2, 0) is 22.8 Å². The molecule has 2 aromatic heterocycles. The Balaban J connectivity index is 2.17. The second-order valence-corrected chi connectivity index (χ2v) is 8.70. The average molecular weight is 455 g/mol. The first-order valence-electron chi connectivity index (χ1n) is 9.17. The molecule has 0 spiro atoms. The number of benzene rings is 1. The summed E-state index contributed by atoms with van der Waals surface area (Å²) >= 11 is 0. The molecule has 3 rings (SSSR count). The number of nitrogen functional groups attached to an aromatic ring is 1. The highest BCUT2D eigenvalue weighted by Gasteiger charge is 2.47. The van der Waals surface area contributed by atoms with Gasteiger partial charge in [-0.05, 0) is 50.1 Å². The maximum atomic E-state index is 13.0.